The molecular formula is C13H22N2O. The number of carbonyl (C=O) groups is 1. The quantitative estimate of drug-likeness (QED) is 0.544. The Hall–Kier alpha value is -1.01. The molecule has 0 bridgehead atoms. The van der Waals surface area contributed by atoms with E-state index < -0.39 is 0 Å². The van der Waals surface area contributed by atoms with Crippen molar-refractivity contribution in [3.63, 3.8) is 0 Å². The van der Waals surface area contributed by atoms with Crippen molar-refractivity contribution in [2.45, 2.75) is 45.1 Å². The van der Waals surface area contributed by atoms with Crippen LogP contribution in [0.25, 0.3) is 0 Å². The summed E-state index contributed by atoms with van der Waals surface area (Å²) in [7, 11) is 0. The molecule has 0 radical (unpaired) electrons. The van der Waals surface area contributed by atoms with Gasteiger partial charge in [0.1, 0.15) is 0 Å². The van der Waals surface area contributed by atoms with E-state index >= 15 is 0 Å². The van der Waals surface area contributed by atoms with Gasteiger partial charge in [-0.25, -0.2) is 0 Å². The molecule has 90 valence electrons. The van der Waals surface area contributed by atoms with Crippen LogP contribution in [0.15, 0.2) is 0 Å². The van der Waals surface area contributed by atoms with Gasteiger partial charge in [0.25, 0.3) is 0 Å². The van der Waals surface area contributed by atoms with Crippen molar-refractivity contribution in [2.75, 3.05) is 13.1 Å². The lowest BCUT2D eigenvalue weighted by Gasteiger charge is -2.28. The molecule has 3 heteroatoms. The van der Waals surface area contributed by atoms with Gasteiger partial charge in [-0.2, -0.15) is 0 Å². The van der Waals surface area contributed by atoms with Crippen LogP contribution < -0.4 is 10.6 Å². The maximum Gasteiger partial charge on any atom is 0.237 e. The number of carbonyl (C=O) groups excluding carboxylic acids is 1. The normalized spacial score (nSPS) is 24.8. The molecule has 1 amide bonds. The second-order valence-corrected chi connectivity index (χ2v) is 4.40. The fourth-order valence-corrected chi connectivity index (χ4v) is 2.09. The molecule has 3 nitrogen and oxygen atoms in total. The third kappa shape index (κ3) is 4.24. The van der Waals surface area contributed by atoms with Gasteiger partial charge in [0, 0.05) is 13.0 Å². The van der Waals surface area contributed by atoms with Crippen LogP contribution in [0, 0.1) is 18.3 Å². The van der Waals surface area contributed by atoms with Crippen molar-refractivity contribution in [3.8, 4) is 12.3 Å². The first-order chi connectivity index (χ1) is 7.77. The van der Waals surface area contributed by atoms with Crippen LogP contribution in [0.1, 0.15) is 39.0 Å². The van der Waals surface area contributed by atoms with E-state index in [0.29, 0.717) is 12.5 Å². The molecule has 0 aromatic carbocycles. The van der Waals surface area contributed by atoms with Crippen LogP contribution in [0.5, 0.6) is 0 Å². The minimum atomic E-state index is 0.00420. The third-order valence-corrected chi connectivity index (χ3v) is 3.20. The molecule has 1 aliphatic rings. The number of terminal acetylenes is 1. The number of unbranched alkanes of at least 4 members (excludes halogenated alkanes) is 1. The predicted molar refractivity (Wildman–Crippen MR) is 65.9 cm³/mol. The van der Waals surface area contributed by atoms with Gasteiger partial charge < -0.3 is 10.6 Å². The molecule has 1 saturated heterocycles. The van der Waals surface area contributed by atoms with E-state index in [1.807, 2.05) is 0 Å². The van der Waals surface area contributed by atoms with Crippen molar-refractivity contribution in [3.05, 3.63) is 0 Å². The number of rotatable bonds is 5. The molecular weight excluding hydrogens is 200 g/mol. The molecule has 2 N–H and O–H groups in total. The summed E-state index contributed by atoms with van der Waals surface area (Å²) in [4.78, 5) is 11.8. The molecule has 0 spiro atoms. The lowest BCUT2D eigenvalue weighted by atomic mass is 9.90. The SMILES string of the molecule is C#CCCCNC(=O)C1CC(CC)CCN1. The van der Waals surface area contributed by atoms with E-state index in [9.17, 15) is 4.79 Å². The minimum Gasteiger partial charge on any atom is -0.355 e. The Bertz CT molecular complexity index is 257. The van der Waals surface area contributed by atoms with Gasteiger partial charge in [0.2, 0.25) is 5.91 Å². The maximum atomic E-state index is 11.8. The molecule has 1 aliphatic heterocycles. The summed E-state index contributed by atoms with van der Waals surface area (Å²) < 4.78 is 0. The van der Waals surface area contributed by atoms with E-state index in [1.165, 1.54) is 12.8 Å². The molecule has 0 aliphatic carbocycles. The molecule has 0 aromatic heterocycles. The van der Waals surface area contributed by atoms with Gasteiger partial charge in [-0.1, -0.05) is 13.3 Å². The van der Waals surface area contributed by atoms with E-state index in [4.69, 9.17) is 6.42 Å². The Morgan fingerprint density at radius 3 is 3.12 bits per heavy atom. The number of hydrogen-bond donors (Lipinski definition) is 2. The summed E-state index contributed by atoms with van der Waals surface area (Å²) in [6, 6.07) is 0.00420. The van der Waals surface area contributed by atoms with Crippen molar-refractivity contribution >= 4 is 5.91 Å². The lowest BCUT2D eigenvalue weighted by Crippen LogP contribution is -2.48. The molecule has 0 saturated carbocycles. The van der Waals surface area contributed by atoms with Crippen LogP contribution >= 0.6 is 0 Å². The Labute approximate surface area is 98.4 Å². The highest BCUT2D eigenvalue weighted by molar-refractivity contribution is 5.81. The molecule has 2 unspecified atom stereocenters. The topological polar surface area (TPSA) is 41.1 Å². The summed E-state index contributed by atoms with van der Waals surface area (Å²) in [5.74, 6) is 3.40. The maximum absolute atomic E-state index is 11.8. The summed E-state index contributed by atoms with van der Waals surface area (Å²) in [6.45, 7) is 3.84. The summed E-state index contributed by atoms with van der Waals surface area (Å²) in [5.41, 5.74) is 0. The first-order valence-corrected chi connectivity index (χ1v) is 6.22. The van der Waals surface area contributed by atoms with Crippen LogP contribution in [-0.4, -0.2) is 25.0 Å². The van der Waals surface area contributed by atoms with Gasteiger partial charge in [-0.15, -0.1) is 12.3 Å². The second kappa shape index (κ2) is 7.29. The average Bonchev–Trinajstić information content (AvgIpc) is 2.34. The fourth-order valence-electron chi connectivity index (χ4n) is 2.09. The molecule has 1 heterocycles. The van der Waals surface area contributed by atoms with Crippen LogP contribution in [0.4, 0.5) is 0 Å². The molecule has 1 fully saturated rings. The largest absolute Gasteiger partial charge is 0.355 e. The summed E-state index contributed by atoms with van der Waals surface area (Å²) >= 11 is 0. The van der Waals surface area contributed by atoms with Crippen LogP contribution in [-0.2, 0) is 4.79 Å². The van der Waals surface area contributed by atoms with E-state index in [1.54, 1.807) is 0 Å². The Balaban J connectivity index is 2.22. The zero-order valence-corrected chi connectivity index (χ0v) is 10.1. The Morgan fingerprint density at radius 1 is 1.62 bits per heavy atom. The monoisotopic (exact) mass is 222 g/mol. The fraction of sp³-hybridized carbons (Fsp3) is 0.769. The number of piperidine rings is 1. The number of nitrogens with one attached hydrogen (secondary N) is 2. The second-order valence-electron chi connectivity index (χ2n) is 4.40. The number of amides is 1. The minimum absolute atomic E-state index is 0.00420. The van der Waals surface area contributed by atoms with Crippen molar-refractivity contribution < 1.29 is 4.79 Å². The van der Waals surface area contributed by atoms with Gasteiger partial charge in [-0.05, 0) is 31.7 Å². The third-order valence-electron chi connectivity index (χ3n) is 3.20. The lowest BCUT2D eigenvalue weighted by molar-refractivity contribution is -0.124. The first-order valence-electron chi connectivity index (χ1n) is 6.22. The van der Waals surface area contributed by atoms with Crippen LogP contribution in [0.3, 0.4) is 0 Å². The zero-order valence-electron chi connectivity index (χ0n) is 10.1. The Kier molecular flexibility index (Phi) is 5.95. The average molecular weight is 222 g/mol. The Morgan fingerprint density at radius 2 is 2.44 bits per heavy atom. The summed E-state index contributed by atoms with van der Waals surface area (Å²) in [5, 5.41) is 6.21. The van der Waals surface area contributed by atoms with Gasteiger partial charge in [-0.3, -0.25) is 4.79 Å². The molecule has 2 atom stereocenters. The predicted octanol–water partition coefficient (Wildman–Crippen LogP) is 1.29. The van der Waals surface area contributed by atoms with E-state index in [-0.39, 0.29) is 11.9 Å². The number of hydrogen-bond acceptors (Lipinski definition) is 2. The van der Waals surface area contributed by atoms with Crippen molar-refractivity contribution in [2.24, 2.45) is 5.92 Å². The molecule has 1 rings (SSSR count). The highest BCUT2D eigenvalue weighted by atomic mass is 16.2. The highest BCUT2D eigenvalue weighted by Crippen LogP contribution is 2.19. The van der Waals surface area contributed by atoms with Gasteiger partial charge in [0.05, 0.1) is 6.04 Å². The summed E-state index contributed by atoms with van der Waals surface area (Å²) in [6.07, 6.45) is 10.1. The van der Waals surface area contributed by atoms with Crippen LogP contribution in [0.2, 0.25) is 0 Å². The molecule has 16 heavy (non-hydrogen) atoms. The standard InChI is InChI=1S/C13H22N2O/c1-3-5-6-8-15-13(16)12-10-11(4-2)7-9-14-12/h1,11-12,14H,4-10H2,2H3,(H,15,16). The molecule has 0 aromatic rings. The van der Waals surface area contributed by atoms with Crippen molar-refractivity contribution in [1.82, 2.24) is 10.6 Å². The van der Waals surface area contributed by atoms with Crippen molar-refractivity contribution in [1.29, 1.82) is 0 Å². The zero-order chi connectivity index (χ0) is 11.8. The van der Waals surface area contributed by atoms with E-state index in [0.717, 1.165) is 25.8 Å². The highest BCUT2D eigenvalue weighted by Gasteiger charge is 2.25. The first kappa shape index (κ1) is 13.1. The van der Waals surface area contributed by atoms with E-state index in [2.05, 4.69) is 23.5 Å². The van der Waals surface area contributed by atoms with Gasteiger partial charge >= 0.3 is 0 Å². The van der Waals surface area contributed by atoms with Gasteiger partial charge in [0.15, 0.2) is 0 Å². The smallest absolute Gasteiger partial charge is 0.237 e.